The minimum absolute atomic E-state index is 0.0644. The number of anilines is 3. The molecule has 1 saturated heterocycles. The average Bonchev–Trinajstić information content (AvgIpc) is 2.85. The number of rotatable bonds is 5. The number of fused-ring (bicyclic) bond motifs is 1. The molecule has 2 N–H and O–H groups in total. The Labute approximate surface area is 218 Å². The number of aliphatic hydroxyl groups is 1. The monoisotopic (exact) mass is 523 g/mol. The van der Waals surface area contributed by atoms with Gasteiger partial charge in [-0.25, -0.2) is 4.98 Å². The molecule has 1 aromatic heterocycles. The van der Waals surface area contributed by atoms with Gasteiger partial charge < -0.3 is 20.2 Å². The van der Waals surface area contributed by atoms with Crippen molar-refractivity contribution in [3.05, 3.63) is 35.5 Å². The molecule has 1 saturated carbocycles. The van der Waals surface area contributed by atoms with Gasteiger partial charge in [0.15, 0.2) is 0 Å². The smallest absolute Gasteiger partial charge is 0.227 e. The van der Waals surface area contributed by atoms with Crippen LogP contribution in [0.4, 0.5) is 17.5 Å². The molecule has 192 valence electrons. The Kier molecular flexibility index (Phi) is 7.12. The molecular formula is C27H37N5O2SSi. The van der Waals surface area contributed by atoms with Crippen molar-refractivity contribution in [2.45, 2.75) is 62.2 Å². The van der Waals surface area contributed by atoms with E-state index >= 15 is 0 Å². The molecule has 7 nitrogen and oxygen atoms in total. The highest BCUT2D eigenvalue weighted by molar-refractivity contribution is 7.85. The maximum Gasteiger partial charge on any atom is 0.227 e. The van der Waals surface area contributed by atoms with Gasteiger partial charge in [-0.15, -0.1) is 5.54 Å². The normalized spacial score (nSPS) is 21.2. The van der Waals surface area contributed by atoms with Gasteiger partial charge in [-0.1, -0.05) is 25.6 Å². The van der Waals surface area contributed by atoms with Crippen molar-refractivity contribution < 1.29 is 9.32 Å². The molecule has 2 aromatic rings. The Morgan fingerprint density at radius 2 is 1.75 bits per heavy atom. The number of hydrogen-bond donors (Lipinski definition) is 2. The third-order valence-electron chi connectivity index (χ3n) is 7.27. The lowest BCUT2D eigenvalue weighted by Crippen LogP contribution is -2.49. The van der Waals surface area contributed by atoms with E-state index in [1.807, 2.05) is 0 Å². The van der Waals surface area contributed by atoms with Crippen molar-refractivity contribution in [2.24, 2.45) is 0 Å². The topological polar surface area (TPSA) is 81.6 Å². The highest BCUT2D eigenvalue weighted by Crippen LogP contribution is 2.38. The van der Waals surface area contributed by atoms with E-state index in [4.69, 9.17) is 9.97 Å². The lowest BCUT2D eigenvalue weighted by Gasteiger charge is -2.42. The average molecular weight is 524 g/mol. The first-order valence-electron chi connectivity index (χ1n) is 13.1. The SMILES string of the molecule is C[Si](C)(C)C#Cc1ccc(N2CCN(c3nc4c(c(NC5(CO)CCC5)n3)S(=O)CCC4)CC2)cc1. The van der Waals surface area contributed by atoms with E-state index < -0.39 is 18.9 Å². The van der Waals surface area contributed by atoms with E-state index in [0.29, 0.717) is 17.5 Å². The van der Waals surface area contributed by atoms with E-state index in [0.717, 1.165) is 74.4 Å². The maximum absolute atomic E-state index is 12.9. The zero-order valence-electron chi connectivity index (χ0n) is 21.6. The van der Waals surface area contributed by atoms with Gasteiger partial charge in [0, 0.05) is 43.2 Å². The van der Waals surface area contributed by atoms with Crippen LogP contribution in [0.1, 0.15) is 36.9 Å². The zero-order valence-corrected chi connectivity index (χ0v) is 23.5. The van der Waals surface area contributed by atoms with E-state index in [1.165, 1.54) is 5.69 Å². The van der Waals surface area contributed by atoms with Crippen molar-refractivity contribution in [3.8, 4) is 11.5 Å². The number of hydrogen-bond acceptors (Lipinski definition) is 7. The van der Waals surface area contributed by atoms with Gasteiger partial charge in [0.1, 0.15) is 18.8 Å². The fourth-order valence-corrected chi connectivity index (χ4v) is 6.80. The van der Waals surface area contributed by atoms with Crippen molar-refractivity contribution in [3.63, 3.8) is 0 Å². The third-order valence-corrected chi connectivity index (χ3v) is 9.69. The van der Waals surface area contributed by atoms with Crippen molar-refractivity contribution >= 4 is 36.3 Å². The Balaban J connectivity index is 1.31. The van der Waals surface area contributed by atoms with Gasteiger partial charge in [0.2, 0.25) is 5.95 Å². The number of nitrogens with zero attached hydrogens (tertiary/aromatic N) is 4. The van der Waals surface area contributed by atoms with Gasteiger partial charge in [-0.3, -0.25) is 4.21 Å². The summed E-state index contributed by atoms with van der Waals surface area (Å²) < 4.78 is 12.9. The Morgan fingerprint density at radius 3 is 2.36 bits per heavy atom. The van der Waals surface area contributed by atoms with Gasteiger partial charge >= 0.3 is 0 Å². The number of piperazine rings is 1. The number of aromatic nitrogens is 2. The Hall–Kier alpha value is -2.41. The molecule has 3 aliphatic rings. The first-order chi connectivity index (χ1) is 17.3. The summed E-state index contributed by atoms with van der Waals surface area (Å²) in [5, 5.41) is 13.5. The van der Waals surface area contributed by atoms with Gasteiger partial charge in [0.05, 0.1) is 28.6 Å². The van der Waals surface area contributed by atoms with Crippen LogP contribution in [-0.2, 0) is 17.2 Å². The first-order valence-corrected chi connectivity index (χ1v) is 17.9. The maximum atomic E-state index is 12.9. The summed E-state index contributed by atoms with van der Waals surface area (Å²) in [7, 11) is -2.48. The highest BCUT2D eigenvalue weighted by Gasteiger charge is 2.38. The number of aryl methyl sites for hydroxylation is 1. The predicted molar refractivity (Wildman–Crippen MR) is 150 cm³/mol. The molecule has 0 spiro atoms. The van der Waals surface area contributed by atoms with Crippen LogP contribution >= 0.6 is 0 Å². The third kappa shape index (κ3) is 5.46. The molecule has 0 radical (unpaired) electrons. The van der Waals surface area contributed by atoms with E-state index in [1.54, 1.807) is 0 Å². The van der Waals surface area contributed by atoms with Gasteiger partial charge in [0.25, 0.3) is 0 Å². The molecule has 36 heavy (non-hydrogen) atoms. The minimum Gasteiger partial charge on any atom is -0.394 e. The highest BCUT2D eigenvalue weighted by atomic mass is 32.2. The minimum atomic E-state index is -1.38. The quantitative estimate of drug-likeness (QED) is 0.459. The Morgan fingerprint density at radius 1 is 1.06 bits per heavy atom. The summed E-state index contributed by atoms with van der Waals surface area (Å²) in [5.74, 6) is 5.35. The summed E-state index contributed by atoms with van der Waals surface area (Å²) >= 11 is 0. The standard InChI is InChI=1S/C27H37N5O2SSi/c1-36(2,3)19-11-21-7-9-22(10-8-21)31-14-16-32(17-15-31)26-28-23-6-4-18-35(34)24(23)25(29-26)30-27(20-33)12-5-13-27/h7-10,33H,4-6,12-18,20H2,1-3H3,(H,28,29,30). The van der Waals surface area contributed by atoms with Crippen LogP contribution in [0, 0.1) is 11.5 Å². The number of nitrogens with one attached hydrogen (secondary N) is 1. The molecule has 5 rings (SSSR count). The van der Waals surface area contributed by atoms with Gasteiger partial charge in [-0.2, -0.15) is 4.98 Å². The van der Waals surface area contributed by atoms with Crippen LogP contribution in [0.3, 0.4) is 0 Å². The molecule has 2 fully saturated rings. The van der Waals surface area contributed by atoms with E-state index in [2.05, 4.69) is 70.5 Å². The fraction of sp³-hybridized carbons (Fsp3) is 0.556. The molecular weight excluding hydrogens is 486 g/mol. The fourth-order valence-electron chi connectivity index (χ4n) is 4.95. The zero-order chi connectivity index (χ0) is 25.3. The lowest BCUT2D eigenvalue weighted by atomic mass is 9.77. The van der Waals surface area contributed by atoms with E-state index in [-0.39, 0.29) is 12.1 Å². The molecule has 0 bridgehead atoms. The molecule has 1 aromatic carbocycles. The summed E-state index contributed by atoms with van der Waals surface area (Å²) in [6, 6.07) is 8.58. The predicted octanol–water partition coefficient (Wildman–Crippen LogP) is 3.41. The molecule has 1 unspecified atom stereocenters. The van der Waals surface area contributed by atoms with Crippen LogP contribution < -0.4 is 15.1 Å². The summed E-state index contributed by atoms with van der Waals surface area (Å²) in [5.41, 5.74) is 6.28. The Bertz CT molecular complexity index is 1180. The van der Waals surface area contributed by atoms with Crippen LogP contribution in [-0.4, -0.2) is 71.4 Å². The largest absolute Gasteiger partial charge is 0.394 e. The molecule has 3 heterocycles. The summed E-state index contributed by atoms with van der Waals surface area (Å²) in [6.45, 7) is 10.3. The van der Waals surface area contributed by atoms with Crippen molar-refractivity contribution in [1.29, 1.82) is 0 Å². The lowest BCUT2D eigenvalue weighted by molar-refractivity contribution is 0.143. The second kappa shape index (κ2) is 10.2. The van der Waals surface area contributed by atoms with Crippen molar-refractivity contribution in [2.75, 3.05) is 53.7 Å². The van der Waals surface area contributed by atoms with Crippen LogP contribution in [0.25, 0.3) is 0 Å². The molecule has 1 atom stereocenters. The van der Waals surface area contributed by atoms with Crippen molar-refractivity contribution in [1.82, 2.24) is 9.97 Å². The van der Waals surface area contributed by atoms with Crippen LogP contribution in [0.5, 0.6) is 0 Å². The summed E-state index contributed by atoms with van der Waals surface area (Å²) in [6.07, 6.45) is 4.61. The van der Waals surface area contributed by atoms with E-state index in [9.17, 15) is 9.32 Å². The van der Waals surface area contributed by atoms with Gasteiger partial charge in [-0.05, 0) is 56.4 Å². The molecule has 0 amide bonds. The molecule has 2 aliphatic heterocycles. The number of benzene rings is 1. The van der Waals surface area contributed by atoms with Crippen LogP contribution in [0.2, 0.25) is 19.6 Å². The first kappa shape index (κ1) is 25.2. The molecule has 1 aliphatic carbocycles. The summed E-state index contributed by atoms with van der Waals surface area (Å²) in [4.78, 5) is 15.2. The molecule has 9 heteroatoms. The second-order valence-corrected chi connectivity index (χ2v) is 17.5. The van der Waals surface area contributed by atoms with Crippen LogP contribution in [0.15, 0.2) is 29.2 Å². The number of aliphatic hydroxyl groups excluding tert-OH is 1. The second-order valence-electron chi connectivity index (χ2n) is 11.2.